The van der Waals surface area contributed by atoms with E-state index < -0.39 is 10.0 Å². The summed E-state index contributed by atoms with van der Waals surface area (Å²) in [5.41, 5.74) is 1.04. The van der Waals surface area contributed by atoms with Crippen LogP contribution in [0.15, 0.2) is 35.3 Å². The number of likely N-dealkylation sites (tertiary alicyclic amines) is 1. The Kier molecular flexibility index (Phi) is 5.96. The molecule has 3 rings (SSSR count). The topological polar surface area (TPSA) is 65.0 Å². The van der Waals surface area contributed by atoms with Gasteiger partial charge in [0.1, 0.15) is 0 Å². The number of sulfonamides is 1. The number of aliphatic imine (C=N–C) groups is 1. The molecule has 25 heavy (non-hydrogen) atoms. The summed E-state index contributed by atoms with van der Waals surface area (Å²) in [6, 6.07) is 10.1. The molecule has 2 heterocycles. The molecule has 2 saturated heterocycles. The van der Waals surface area contributed by atoms with Gasteiger partial charge in [-0.05, 0) is 43.7 Å². The number of hydrogen-bond donors (Lipinski definition) is 1. The van der Waals surface area contributed by atoms with Crippen LogP contribution in [0.25, 0.3) is 0 Å². The molecule has 138 valence electrons. The third-order valence-corrected chi connectivity index (χ3v) is 6.17. The molecular formula is C18H28N4O2S. The fourth-order valence-corrected chi connectivity index (χ4v) is 4.36. The standard InChI is InChI=1S/C18H28N4O2S/c1-25(23,24)22-13-10-16(15-22)14-19-18(21-11-6-3-7-12-21)20-17-8-4-2-5-9-17/h2,4-5,8-9,16H,3,6-7,10-15H2,1H3,(H,19,20). The number of rotatable bonds is 4. The maximum atomic E-state index is 11.7. The van der Waals surface area contributed by atoms with Gasteiger partial charge in [-0.3, -0.25) is 4.99 Å². The first-order valence-corrected chi connectivity index (χ1v) is 10.9. The maximum Gasteiger partial charge on any atom is 0.211 e. The third kappa shape index (κ3) is 5.19. The Balaban J connectivity index is 1.67. The van der Waals surface area contributed by atoms with Gasteiger partial charge >= 0.3 is 0 Å². The molecule has 0 spiro atoms. The SMILES string of the molecule is CS(=O)(=O)N1CCC(CN=C(Nc2ccccc2)N2CCCCC2)C1. The van der Waals surface area contributed by atoms with E-state index in [1.807, 2.05) is 30.3 Å². The number of nitrogens with zero attached hydrogens (tertiary/aromatic N) is 3. The molecule has 0 amide bonds. The first-order valence-electron chi connectivity index (χ1n) is 9.09. The lowest BCUT2D eigenvalue weighted by atomic mass is 10.1. The zero-order valence-corrected chi connectivity index (χ0v) is 15.7. The first kappa shape index (κ1) is 18.2. The smallest absolute Gasteiger partial charge is 0.211 e. The van der Waals surface area contributed by atoms with Gasteiger partial charge in [0.2, 0.25) is 10.0 Å². The molecule has 0 radical (unpaired) electrons. The minimum absolute atomic E-state index is 0.298. The van der Waals surface area contributed by atoms with Crippen molar-refractivity contribution >= 4 is 21.7 Å². The van der Waals surface area contributed by atoms with E-state index >= 15 is 0 Å². The van der Waals surface area contributed by atoms with Crippen LogP contribution in [0.4, 0.5) is 5.69 Å². The highest BCUT2D eigenvalue weighted by Gasteiger charge is 2.28. The summed E-state index contributed by atoms with van der Waals surface area (Å²) in [5, 5.41) is 3.46. The van der Waals surface area contributed by atoms with Crippen LogP contribution in [-0.2, 0) is 10.0 Å². The van der Waals surface area contributed by atoms with Crippen LogP contribution in [0.3, 0.4) is 0 Å². The van der Waals surface area contributed by atoms with Crippen LogP contribution in [0.5, 0.6) is 0 Å². The van der Waals surface area contributed by atoms with Crippen molar-refractivity contribution in [1.29, 1.82) is 0 Å². The zero-order valence-electron chi connectivity index (χ0n) is 14.9. The minimum atomic E-state index is -3.08. The van der Waals surface area contributed by atoms with Gasteiger partial charge in [0.25, 0.3) is 0 Å². The Morgan fingerprint density at radius 2 is 1.88 bits per heavy atom. The summed E-state index contributed by atoms with van der Waals surface area (Å²) in [6.07, 6.45) is 5.84. The zero-order chi connectivity index (χ0) is 17.7. The quantitative estimate of drug-likeness (QED) is 0.657. The van der Waals surface area contributed by atoms with Gasteiger partial charge in [0, 0.05) is 38.4 Å². The molecule has 2 aliphatic heterocycles. The normalized spacial score (nSPS) is 23.0. The van der Waals surface area contributed by atoms with Crippen LogP contribution < -0.4 is 5.32 Å². The van der Waals surface area contributed by atoms with Crippen LogP contribution >= 0.6 is 0 Å². The number of benzene rings is 1. The predicted octanol–water partition coefficient (Wildman–Crippen LogP) is 2.22. The summed E-state index contributed by atoms with van der Waals surface area (Å²) in [7, 11) is -3.08. The van der Waals surface area contributed by atoms with E-state index in [1.54, 1.807) is 4.31 Å². The van der Waals surface area contributed by atoms with Crippen molar-refractivity contribution in [2.45, 2.75) is 25.7 Å². The molecule has 1 N–H and O–H groups in total. The van der Waals surface area contributed by atoms with E-state index in [-0.39, 0.29) is 0 Å². The van der Waals surface area contributed by atoms with Crippen molar-refractivity contribution in [2.75, 3.05) is 44.3 Å². The van der Waals surface area contributed by atoms with Gasteiger partial charge in [0.05, 0.1) is 6.26 Å². The van der Waals surface area contributed by atoms with E-state index in [9.17, 15) is 8.42 Å². The Bertz CT molecular complexity index is 684. The van der Waals surface area contributed by atoms with Crippen LogP contribution in [0.1, 0.15) is 25.7 Å². The van der Waals surface area contributed by atoms with E-state index in [2.05, 4.69) is 10.2 Å². The maximum absolute atomic E-state index is 11.7. The van der Waals surface area contributed by atoms with Gasteiger partial charge in [-0.15, -0.1) is 0 Å². The second-order valence-electron chi connectivity index (χ2n) is 6.98. The van der Waals surface area contributed by atoms with E-state index in [0.29, 0.717) is 25.6 Å². The summed E-state index contributed by atoms with van der Waals surface area (Å²) in [4.78, 5) is 7.17. The Hall–Kier alpha value is -1.60. The first-order chi connectivity index (χ1) is 12.0. The van der Waals surface area contributed by atoms with Crippen LogP contribution in [-0.4, -0.2) is 62.6 Å². The third-order valence-electron chi connectivity index (χ3n) is 4.90. The minimum Gasteiger partial charge on any atom is -0.343 e. The lowest BCUT2D eigenvalue weighted by molar-refractivity contribution is 0.339. The van der Waals surface area contributed by atoms with Crippen molar-refractivity contribution in [3.63, 3.8) is 0 Å². The molecule has 0 aliphatic carbocycles. The molecule has 2 aliphatic rings. The average Bonchev–Trinajstić information content (AvgIpc) is 3.10. The molecule has 1 unspecified atom stereocenters. The molecule has 2 fully saturated rings. The monoisotopic (exact) mass is 364 g/mol. The van der Waals surface area contributed by atoms with Crippen LogP contribution in [0.2, 0.25) is 0 Å². The predicted molar refractivity (Wildman–Crippen MR) is 102 cm³/mol. The molecule has 7 heteroatoms. The summed E-state index contributed by atoms with van der Waals surface area (Å²) in [5.74, 6) is 1.22. The molecule has 1 atom stereocenters. The second kappa shape index (κ2) is 8.19. The number of nitrogens with one attached hydrogen (secondary N) is 1. The van der Waals surface area contributed by atoms with Gasteiger partial charge in [0.15, 0.2) is 5.96 Å². The average molecular weight is 365 g/mol. The van der Waals surface area contributed by atoms with E-state index in [1.165, 1.54) is 25.5 Å². The lowest BCUT2D eigenvalue weighted by Crippen LogP contribution is -2.40. The molecule has 1 aromatic rings. The van der Waals surface area contributed by atoms with E-state index in [0.717, 1.165) is 31.2 Å². The summed E-state index contributed by atoms with van der Waals surface area (Å²) >= 11 is 0. The summed E-state index contributed by atoms with van der Waals surface area (Å²) in [6.45, 7) is 3.92. The van der Waals surface area contributed by atoms with Crippen molar-refractivity contribution in [2.24, 2.45) is 10.9 Å². The Labute approximate surface area is 151 Å². The van der Waals surface area contributed by atoms with Gasteiger partial charge in [-0.2, -0.15) is 0 Å². The number of piperidine rings is 1. The molecule has 6 nitrogen and oxygen atoms in total. The largest absolute Gasteiger partial charge is 0.343 e. The Morgan fingerprint density at radius 1 is 1.16 bits per heavy atom. The van der Waals surface area contributed by atoms with Crippen molar-refractivity contribution < 1.29 is 8.42 Å². The van der Waals surface area contributed by atoms with Crippen molar-refractivity contribution in [3.05, 3.63) is 30.3 Å². The van der Waals surface area contributed by atoms with Crippen LogP contribution in [0, 0.1) is 5.92 Å². The van der Waals surface area contributed by atoms with Crippen molar-refractivity contribution in [1.82, 2.24) is 9.21 Å². The van der Waals surface area contributed by atoms with E-state index in [4.69, 9.17) is 4.99 Å². The number of hydrogen-bond acceptors (Lipinski definition) is 3. The molecular weight excluding hydrogens is 336 g/mol. The molecule has 1 aromatic carbocycles. The second-order valence-corrected chi connectivity index (χ2v) is 8.96. The molecule has 0 saturated carbocycles. The van der Waals surface area contributed by atoms with Gasteiger partial charge in [-0.1, -0.05) is 18.2 Å². The highest BCUT2D eigenvalue weighted by Crippen LogP contribution is 2.20. The van der Waals surface area contributed by atoms with Gasteiger partial charge < -0.3 is 10.2 Å². The summed E-state index contributed by atoms with van der Waals surface area (Å²) < 4.78 is 24.9. The number of anilines is 1. The number of guanidine groups is 1. The molecule has 0 bridgehead atoms. The lowest BCUT2D eigenvalue weighted by Gasteiger charge is -2.30. The molecule has 0 aromatic heterocycles. The fourth-order valence-electron chi connectivity index (χ4n) is 3.44. The van der Waals surface area contributed by atoms with Gasteiger partial charge in [-0.25, -0.2) is 12.7 Å². The highest BCUT2D eigenvalue weighted by molar-refractivity contribution is 7.88. The van der Waals surface area contributed by atoms with Crippen molar-refractivity contribution in [3.8, 4) is 0 Å². The number of para-hydroxylation sites is 1. The highest BCUT2D eigenvalue weighted by atomic mass is 32.2. The fraction of sp³-hybridized carbons (Fsp3) is 0.611. The Morgan fingerprint density at radius 3 is 2.52 bits per heavy atom.